The molecule has 2 heterocycles. The maximum Gasteiger partial charge on any atom is 0.231 e. The minimum atomic E-state index is -0.246. The molecule has 0 N–H and O–H groups in total. The van der Waals surface area contributed by atoms with E-state index in [-0.39, 0.29) is 24.2 Å². The van der Waals surface area contributed by atoms with Gasteiger partial charge in [-0.2, -0.15) is 5.10 Å². The molecular weight excluding hydrogens is 304 g/mol. The number of carbonyl (C=O) groups is 2. The van der Waals surface area contributed by atoms with E-state index in [2.05, 4.69) is 5.10 Å². The molecule has 0 saturated carbocycles. The Morgan fingerprint density at radius 2 is 2.00 bits per heavy atom. The molecule has 0 radical (unpaired) electrons. The number of hydrogen-bond acceptors (Lipinski definition) is 3. The fourth-order valence-corrected chi connectivity index (χ4v) is 3.05. The Kier molecular flexibility index (Phi) is 4.38. The predicted molar refractivity (Wildman–Crippen MR) is 93.0 cm³/mol. The monoisotopic (exact) mass is 326 g/mol. The number of aromatic nitrogens is 2. The first-order valence-corrected chi connectivity index (χ1v) is 8.19. The van der Waals surface area contributed by atoms with E-state index in [4.69, 9.17) is 0 Å². The molecule has 0 unspecified atom stereocenters. The van der Waals surface area contributed by atoms with Gasteiger partial charge in [0.2, 0.25) is 11.8 Å². The molecule has 0 fully saturated rings. The largest absolute Gasteiger partial charge is 0.313 e. The number of fused-ring (bicyclic) bond motifs is 1. The summed E-state index contributed by atoms with van der Waals surface area (Å²) in [6.45, 7) is 5.03. The van der Waals surface area contributed by atoms with Crippen molar-refractivity contribution in [2.24, 2.45) is 5.92 Å². The molecule has 6 nitrogen and oxygen atoms in total. The van der Waals surface area contributed by atoms with Crippen molar-refractivity contribution in [1.29, 1.82) is 0 Å². The van der Waals surface area contributed by atoms with E-state index in [1.807, 2.05) is 44.3 Å². The van der Waals surface area contributed by atoms with Crippen LogP contribution in [0.1, 0.15) is 19.4 Å². The summed E-state index contributed by atoms with van der Waals surface area (Å²) in [6.07, 6.45) is 3.90. The van der Waals surface area contributed by atoms with E-state index >= 15 is 0 Å². The van der Waals surface area contributed by atoms with E-state index in [0.29, 0.717) is 6.54 Å². The maximum absolute atomic E-state index is 12.9. The second-order valence-corrected chi connectivity index (χ2v) is 6.17. The SMILES string of the molecule is CCn1cc(CC(=O)N2C[C@@H](C)C(=O)N(C)c3ccccc32)cn1. The first-order valence-electron chi connectivity index (χ1n) is 8.19. The second-order valence-electron chi connectivity index (χ2n) is 6.17. The van der Waals surface area contributed by atoms with E-state index in [9.17, 15) is 9.59 Å². The van der Waals surface area contributed by atoms with Crippen LogP contribution < -0.4 is 9.80 Å². The van der Waals surface area contributed by atoms with Crippen molar-refractivity contribution in [1.82, 2.24) is 9.78 Å². The first-order chi connectivity index (χ1) is 11.5. The molecule has 24 heavy (non-hydrogen) atoms. The van der Waals surface area contributed by atoms with E-state index in [0.717, 1.165) is 23.5 Å². The average Bonchev–Trinajstić information content (AvgIpc) is 3.02. The quantitative estimate of drug-likeness (QED) is 0.868. The molecule has 2 aromatic rings. The number of para-hydroxylation sites is 2. The zero-order valence-electron chi connectivity index (χ0n) is 14.3. The van der Waals surface area contributed by atoms with Crippen molar-refractivity contribution in [2.45, 2.75) is 26.8 Å². The van der Waals surface area contributed by atoms with Gasteiger partial charge in [-0.3, -0.25) is 14.3 Å². The fourth-order valence-electron chi connectivity index (χ4n) is 3.05. The van der Waals surface area contributed by atoms with Crippen LogP contribution in [0.4, 0.5) is 11.4 Å². The van der Waals surface area contributed by atoms with Crippen molar-refractivity contribution in [3.8, 4) is 0 Å². The van der Waals surface area contributed by atoms with Gasteiger partial charge in [0.05, 0.1) is 29.9 Å². The Hall–Kier alpha value is -2.63. The molecule has 6 heteroatoms. The highest BCUT2D eigenvalue weighted by molar-refractivity contribution is 6.05. The predicted octanol–water partition coefficient (Wildman–Crippen LogP) is 2.09. The van der Waals surface area contributed by atoms with E-state index in [1.165, 1.54) is 0 Å². The molecule has 0 bridgehead atoms. The number of rotatable bonds is 3. The van der Waals surface area contributed by atoms with Crippen molar-refractivity contribution in [3.05, 3.63) is 42.2 Å². The van der Waals surface area contributed by atoms with Gasteiger partial charge in [-0.05, 0) is 24.6 Å². The van der Waals surface area contributed by atoms with Gasteiger partial charge in [-0.1, -0.05) is 19.1 Å². The number of nitrogens with zero attached hydrogens (tertiary/aromatic N) is 4. The summed E-state index contributed by atoms with van der Waals surface area (Å²) < 4.78 is 1.80. The molecule has 0 saturated heterocycles. The standard InChI is InChI=1S/C18H22N4O2/c1-4-21-12-14(10-19-21)9-17(23)22-11-13(2)18(24)20(3)15-7-5-6-8-16(15)22/h5-8,10,12-13H,4,9,11H2,1-3H3/t13-/m1/s1. The Morgan fingerprint density at radius 3 is 2.67 bits per heavy atom. The summed E-state index contributed by atoms with van der Waals surface area (Å²) in [5, 5.41) is 4.22. The average molecular weight is 326 g/mol. The van der Waals surface area contributed by atoms with Gasteiger partial charge in [0.1, 0.15) is 0 Å². The molecular formula is C18H22N4O2. The summed E-state index contributed by atoms with van der Waals surface area (Å²) in [7, 11) is 1.76. The van der Waals surface area contributed by atoms with Crippen LogP contribution in [0.25, 0.3) is 0 Å². The van der Waals surface area contributed by atoms with Crippen LogP contribution in [0.5, 0.6) is 0 Å². The van der Waals surface area contributed by atoms with Crippen molar-refractivity contribution < 1.29 is 9.59 Å². The minimum Gasteiger partial charge on any atom is -0.313 e. The first kappa shape index (κ1) is 16.2. The van der Waals surface area contributed by atoms with Crippen molar-refractivity contribution in [2.75, 3.05) is 23.4 Å². The van der Waals surface area contributed by atoms with Crippen molar-refractivity contribution in [3.63, 3.8) is 0 Å². The lowest BCUT2D eigenvalue weighted by atomic mass is 10.1. The van der Waals surface area contributed by atoms with Crippen LogP contribution in [0.3, 0.4) is 0 Å². The Morgan fingerprint density at radius 1 is 1.29 bits per heavy atom. The van der Waals surface area contributed by atoms with Crippen LogP contribution >= 0.6 is 0 Å². The molecule has 1 aliphatic heterocycles. The number of aryl methyl sites for hydroxylation is 1. The second kappa shape index (κ2) is 6.47. The zero-order valence-corrected chi connectivity index (χ0v) is 14.3. The number of anilines is 2. The Labute approximate surface area is 141 Å². The molecule has 126 valence electrons. The Bertz CT molecular complexity index is 768. The number of carbonyl (C=O) groups excluding carboxylic acids is 2. The van der Waals surface area contributed by atoms with Gasteiger partial charge in [0.15, 0.2) is 0 Å². The summed E-state index contributed by atoms with van der Waals surface area (Å²) in [4.78, 5) is 28.7. The van der Waals surface area contributed by atoms with Crippen LogP contribution in [0, 0.1) is 5.92 Å². The third kappa shape index (κ3) is 2.91. The molecule has 0 aliphatic carbocycles. The number of benzene rings is 1. The molecule has 1 aliphatic rings. The van der Waals surface area contributed by atoms with Crippen LogP contribution in [0.15, 0.2) is 36.7 Å². The molecule has 1 aromatic carbocycles. The van der Waals surface area contributed by atoms with Gasteiger partial charge in [-0.25, -0.2) is 0 Å². The summed E-state index contributed by atoms with van der Waals surface area (Å²) in [5.74, 6) is -0.241. The highest BCUT2D eigenvalue weighted by Crippen LogP contribution is 2.33. The molecule has 3 rings (SSSR count). The van der Waals surface area contributed by atoms with Gasteiger partial charge in [0, 0.05) is 26.3 Å². The van der Waals surface area contributed by atoms with Gasteiger partial charge in [0.25, 0.3) is 0 Å². The molecule has 1 atom stereocenters. The molecule has 1 aromatic heterocycles. The highest BCUT2D eigenvalue weighted by Gasteiger charge is 2.31. The third-order valence-electron chi connectivity index (χ3n) is 4.41. The Balaban J connectivity index is 1.92. The lowest BCUT2D eigenvalue weighted by Crippen LogP contribution is -2.37. The van der Waals surface area contributed by atoms with E-state index in [1.54, 1.807) is 27.7 Å². The number of hydrogen-bond donors (Lipinski definition) is 0. The highest BCUT2D eigenvalue weighted by atomic mass is 16.2. The summed E-state index contributed by atoms with van der Waals surface area (Å²) >= 11 is 0. The summed E-state index contributed by atoms with van der Waals surface area (Å²) in [5.41, 5.74) is 2.44. The van der Waals surface area contributed by atoms with Gasteiger partial charge >= 0.3 is 0 Å². The van der Waals surface area contributed by atoms with Crippen LogP contribution in [-0.4, -0.2) is 35.2 Å². The van der Waals surface area contributed by atoms with Crippen molar-refractivity contribution >= 4 is 23.2 Å². The third-order valence-corrected chi connectivity index (χ3v) is 4.41. The topological polar surface area (TPSA) is 58.4 Å². The van der Waals surface area contributed by atoms with Crippen LogP contribution in [-0.2, 0) is 22.6 Å². The maximum atomic E-state index is 12.9. The summed E-state index contributed by atoms with van der Waals surface area (Å²) in [6, 6.07) is 7.54. The van der Waals surface area contributed by atoms with E-state index < -0.39 is 0 Å². The normalized spacial score (nSPS) is 17.6. The zero-order chi connectivity index (χ0) is 17.3. The fraction of sp³-hybridized carbons (Fsp3) is 0.389. The number of amides is 2. The lowest BCUT2D eigenvalue weighted by molar-refractivity contribution is -0.121. The lowest BCUT2D eigenvalue weighted by Gasteiger charge is -2.23. The minimum absolute atomic E-state index is 0.0203. The van der Waals surface area contributed by atoms with Gasteiger partial charge in [-0.15, -0.1) is 0 Å². The molecule has 2 amide bonds. The molecule has 0 spiro atoms. The smallest absolute Gasteiger partial charge is 0.231 e. The van der Waals surface area contributed by atoms with Crippen LogP contribution in [0.2, 0.25) is 0 Å². The van der Waals surface area contributed by atoms with Gasteiger partial charge < -0.3 is 9.80 Å².